The second kappa shape index (κ2) is 15.4. The Kier molecular flexibility index (Phi) is 10.8. The first-order valence-corrected chi connectivity index (χ1v) is 17.1. The fraction of sp³-hybridized carbons (Fsp3) is 0.297. The number of halogens is 3. The second-order valence-corrected chi connectivity index (χ2v) is 13.1. The molecule has 1 fully saturated rings. The number of likely N-dealkylation sites (tertiary alicyclic amines) is 1. The highest BCUT2D eigenvalue weighted by atomic mass is 32.1. The molecule has 3 aromatic heterocycles. The molecule has 3 atom stereocenters. The number of furan rings is 1. The molecule has 260 valence electrons. The van der Waals surface area contributed by atoms with Gasteiger partial charge in [0.15, 0.2) is 5.76 Å². The Hall–Kier alpha value is -4.85. The molecular formula is C37H36F3N5O4S. The van der Waals surface area contributed by atoms with Gasteiger partial charge < -0.3 is 25.1 Å². The lowest BCUT2D eigenvalue weighted by atomic mass is 10.00. The molecule has 4 heterocycles. The van der Waals surface area contributed by atoms with Crippen molar-refractivity contribution in [3.05, 3.63) is 129 Å². The number of amides is 2. The van der Waals surface area contributed by atoms with Crippen molar-refractivity contribution in [2.24, 2.45) is 0 Å². The summed E-state index contributed by atoms with van der Waals surface area (Å²) >= 11 is 1.51. The topological polar surface area (TPSA) is 121 Å². The quantitative estimate of drug-likeness (QED) is 0.134. The minimum atomic E-state index is -4.47. The van der Waals surface area contributed by atoms with Crippen molar-refractivity contribution in [2.45, 2.75) is 57.1 Å². The lowest BCUT2D eigenvalue weighted by Gasteiger charge is -2.25. The number of rotatable bonds is 12. The molecule has 6 rings (SSSR count). The number of alkyl halides is 3. The van der Waals surface area contributed by atoms with Crippen LogP contribution in [0.25, 0.3) is 11.5 Å². The van der Waals surface area contributed by atoms with Crippen molar-refractivity contribution in [2.75, 3.05) is 13.1 Å². The number of carbonyl (C=O) groups is 2. The molecule has 0 radical (unpaired) electrons. The van der Waals surface area contributed by atoms with E-state index in [1.54, 1.807) is 23.1 Å². The molecule has 13 heteroatoms. The number of benzene rings is 2. The summed E-state index contributed by atoms with van der Waals surface area (Å²) in [5.41, 5.74) is 1.92. The molecule has 1 saturated heterocycles. The summed E-state index contributed by atoms with van der Waals surface area (Å²) in [4.78, 5) is 38.9. The molecule has 5 aromatic rings. The first-order chi connectivity index (χ1) is 24.0. The lowest BCUT2D eigenvalue weighted by molar-refractivity contribution is -0.137. The number of aromatic nitrogens is 2. The number of pyridine rings is 1. The van der Waals surface area contributed by atoms with Crippen LogP contribution in [-0.2, 0) is 19.1 Å². The van der Waals surface area contributed by atoms with Gasteiger partial charge in [0.05, 0.1) is 30.0 Å². The van der Waals surface area contributed by atoms with Crippen LogP contribution in [0.4, 0.5) is 13.2 Å². The van der Waals surface area contributed by atoms with Gasteiger partial charge >= 0.3 is 6.18 Å². The molecule has 9 nitrogen and oxygen atoms in total. The highest BCUT2D eigenvalue weighted by molar-refractivity contribution is 7.09. The number of aliphatic hydroxyl groups is 1. The zero-order valence-electron chi connectivity index (χ0n) is 27.2. The number of carbonyl (C=O) groups excluding carboxylic acids is 2. The van der Waals surface area contributed by atoms with Crippen LogP contribution in [-0.4, -0.2) is 57.0 Å². The number of hydrogen-bond donors (Lipinski definition) is 3. The first-order valence-electron chi connectivity index (χ1n) is 16.2. The van der Waals surface area contributed by atoms with E-state index in [4.69, 9.17) is 4.42 Å². The van der Waals surface area contributed by atoms with Crippen LogP contribution in [0, 0.1) is 6.92 Å². The van der Waals surface area contributed by atoms with Gasteiger partial charge in [-0.2, -0.15) is 13.2 Å². The summed E-state index contributed by atoms with van der Waals surface area (Å²) in [5.74, 6) is -0.495. The number of aryl methyl sites for hydroxylation is 1. The summed E-state index contributed by atoms with van der Waals surface area (Å²) in [5, 5.41) is 20.1. The molecule has 1 aliphatic heterocycles. The Bertz CT molecular complexity index is 1920. The highest BCUT2D eigenvalue weighted by Crippen LogP contribution is 2.35. The molecule has 0 aliphatic carbocycles. The Balaban J connectivity index is 1.23. The first kappa shape index (κ1) is 35.0. The van der Waals surface area contributed by atoms with E-state index in [9.17, 15) is 27.9 Å². The van der Waals surface area contributed by atoms with E-state index in [0.717, 1.165) is 41.2 Å². The van der Waals surface area contributed by atoms with Crippen molar-refractivity contribution in [1.82, 2.24) is 25.5 Å². The van der Waals surface area contributed by atoms with Gasteiger partial charge in [-0.05, 0) is 67.6 Å². The Morgan fingerprint density at radius 2 is 1.84 bits per heavy atom. The second-order valence-electron chi connectivity index (χ2n) is 12.3. The van der Waals surface area contributed by atoms with Crippen LogP contribution < -0.4 is 10.6 Å². The van der Waals surface area contributed by atoms with Gasteiger partial charge in [-0.1, -0.05) is 48.5 Å². The van der Waals surface area contributed by atoms with Gasteiger partial charge in [-0.3, -0.25) is 9.59 Å². The predicted molar refractivity (Wildman–Crippen MR) is 182 cm³/mol. The maximum Gasteiger partial charge on any atom is 0.416 e. The molecule has 1 aliphatic rings. The average Bonchev–Trinajstić information content (AvgIpc) is 3.90. The average molecular weight is 704 g/mol. The summed E-state index contributed by atoms with van der Waals surface area (Å²) in [7, 11) is 0. The zero-order valence-corrected chi connectivity index (χ0v) is 28.0. The Labute approximate surface area is 291 Å². The minimum Gasteiger partial charge on any atom is -0.463 e. The van der Waals surface area contributed by atoms with Gasteiger partial charge in [0, 0.05) is 36.3 Å². The molecule has 0 spiro atoms. The normalized spacial score (nSPS) is 15.9. The third kappa shape index (κ3) is 8.47. The van der Waals surface area contributed by atoms with Crippen molar-refractivity contribution in [3.63, 3.8) is 0 Å². The molecule has 3 N–H and O–H groups in total. The van der Waals surface area contributed by atoms with E-state index < -0.39 is 29.8 Å². The molecule has 2 amide bonds. The summed E-state index contributed by atoms with van der Waals surface area (Å²) in [6.07, 6.45) is -2.27. The van der Waals surface area contributed by atoms with Crippen LogP contribution in [0.2, 0.25) is 0 Å². The van der Waals surface area contributed by atoms with Crippen LogP contribution in [0.5, 0.6) is 0 Å². The number of thiazole rings is 1. The monoisotopic (exact) mass is 703 g/mol. The molecular weight excluding hydrogens is 667 g/mol. The minimum absolute atomic E-state index is 0.0155. The van der Waals surface area contributed by atoms with E-state index in [2.05, 4.69) is 20.6 Å². The summed E-state index contributed by atoms with van der Waals surface area (Å²) in [6, 6.07) is 19.6. The SMILES string of the molecule is Cc1csc([C@H]2CCCN2C(=O)c2cc(C(=O)N[C@@H](Cc3ccccc3)[C@@H](O)CNCc3cccc(C(F)(F)F)c3)cc(-c3ccco3)n2)n1. The largest absolute Gasteiger partial charge is 0.463 e. The molecule has 0 bridgehead atoms. The summed E-state index contributed by atoms with van der Waals surface area (Å²) < 4.78 is 45.2. The molecule has 0 saturated carbocycles. The van der Waals surface area contributed by atoms with E-state index in [-0.39, 0.29) is 42.7 Å². The molecule has 50 heavy (non-hydrogen) atoms. The van der Waals surface area contributed by atoms with E-state index in [0.29, 0.717) is 23.6 Å². The van der Waals surface area contributed by atoms with Crippen molar-refractivity contribution in [3.8, 4) is 11.5 Å². The van der Waals surface area contributed by atoms with E-state index in [1.165, 1.54) is 35.8 Å². The van der Waals surface area contributed by atoms with Gasteiger partial charge in [0.2, 0.25) is 0 Å². The van der Waals surface area contributed by atoms with Crippen LogP contribution in [0.15, 0.2) is 94.9 Å². The zero-order chi connectivity index (χ0) is 35.3. The number of aliphatic hydroxyl groups excluding tert-OH is 1. The van der Waals surface area contributed by atoms with Crippen LogP contribution in [0.1, 0.15) is 67.1 Å². The summed E-state index contributed by atoms with van der Waals surface area (Å²) in [6.45, 7) is 2.50. The predicted octanol–water partition coefficient (Wildman–Crippen LogP) is 6.59. The smallest absolute Gasteiger partial charge is 0.416 e. The van der Waals surface area contributed by atoms with Crippen molar-refractivity contribution >= 4 is 23.2 Å². The Morgan fingerprint density at radius 1 is 1.04 bits per heavy atom. The maximum absolute atomic E-state index is 14.0. The van der Waals surface area contributed by atoms with Crippen LogP contribution in [0.3, 0.4) is 0 Å². The third-order valence-corrected chi connectivity index (χ3v) is 9.60. The van der Waals surface area contributed by atoms with E-state index >= 15 is 0 Å². The molecule has 0 unspecified atom stereocenters. The maximum atomic E-state index is 14.0. The fourth-order valence-electron chi connectivity index (χ4n) is 6.03. The van der Waals surface area contributed by atoms with Gasteiger partial charge in [-0.15, -0.1) is 11.3 Å². The third-order valence-electron chi connectivity index (χ3n) is 8.53. The van der Waals surface area contributed by atoms with Gasteiger partial charge in [0.1, 0.15) is 16.4 Å². The number of nitrogens with one attached hydrogen (secondary N) is 2. The standard InChI is InChI=1S/C37H36F3N5O4S/c1-23-22-50-35(42-23)31-12-6-14-45(31)36(48)30-19-26(18-29(43-30)33-13-7-15-49-33)34(47)44-28(17-24-8-3-2-4-9-24)32(46)21-41-20-25-10-5-11-27(16-25)37(38,39)40/h2-5,7-11,13,15-16,18-19,22,28,31-32,41,46H,6,12,14,17,20-21H2,1H3,(H,44,47)/t28-,31+,32-/m0/s1. The van der Waals surface area contributed by atoms with Crippen molar-refractivity contribution < 1.29 is 32.3 Å². The van der Waals surface area contributed by atoms with Crippen LogP contribution >= 0.6 is 11.3 Å². The van der Waals surface area contributed by atoms with E-state index in [1.807, 2.05) is 42.6 Å². The number of nitrogens with zero attached hydrogens (tertiary/aromatic N) is 3. The van der Waals surface area contributed by atoms with Crippen molar-refractivity contribution in [1.29, 1.82) is 0 Å². The molecule has 2 aromatic carbocycles. The fourth-order valence-corrected chi connectivity index (χ4v) is 6.97. The number of hydrogen-bond acceptors (Lipinski definition) is 8. The lowest BCUT2D eigenvalue weighted by Crippen LogP contribution is -2.48. The highest BCUT2D eigenvalue weighted by Gasteiger charge is 2.34. The van der Waals surface area contributed by atoms with Gasteiger partial charge in [0.25, 0.3) is 11.8 Å². The van der Waals surface area contributed by atoms with Gasteiger partial charge in [-0.25, -0.2) is 9.97 Å². The Morgan fingerprint density at radius 3 is 2.56 bits per heavy atom.